The smallest absolute Gasteiger partial charge is 0.223 e. The predicted molar refractivity (Wildman–Crippen MR) is 92.0 cm³/mol. The fourth-order valence-corrected chi connectivity index (χ4v) is 3.59. The monoisotopic (exact) mass is 340 g/mol. The second kappa shape index (κ2) is 8.65. The molecule has 0 saturated carbocycles. The van der Waals surface area contributed by atoms with Crippen LogP contribution in [0.25, 0.3) is 0 Å². The zero-order valence-corrected chi connectivity index (χ0v) is 14.7. The molecule has 1 unspecified atom stereocenters. The Bertz CT molecular complexity index is 508. The molecule has 1 atom stereocenters. The predicted octanol–water partition coefficient (Wildman–Crippen LogP) is 4.17. The molecule has 1 aliphatic heterocycles. The molecule has 128 valence electrons. The van der Waals surface area contributed by atoms with E-state index in [2.05, 4.69) is 10.2 Å². The Labute approximate surface area is 143 Å². The van der Waals surface area contributed by atoms with E-state index in [-0.39, 0.29) is 23.7 Å². The molecule has 0 spiro atoms. The van der Waals surface area contributed by atoms with Crippen LogP contribution in [0.4, 0.5) is 4.39 Å². The van der Waals surface area contributed by atoms with Gasteiger partial charge in [-0.1, -0.05) is 31.5 Å². The molecule has 23 heavy (non-hydrogen) atoms. The van der Waals surface area contributed by atoms with Crippen LogP contribution in [-0.2, 0) is 4.79 Å². The number of carbonyl (C=O) groups excluding carboxylic acids is 1. The van der Waals surface area contributed by atoms with Gasteiger partial charge in [0.1, 0.15) is 5.82 Å². The summed E-state index contributed by atoms with van der Waals surface area (Å²) in [4.78, 5) is 14.5. The summed E-state index contributed by atoms with van der Waals surface area (Å²) >= 11 is 6.26. The lowest BCUT2D eigenvalue weighted by Crippen LogP contribution is -2.39. The van der Waals surface area contributed by atoms with Crippen LogP contribution in [0.3, 0.4) is 0 Å². The Morgan fingerprint density at radius 1 is 1.30 bits per heavy atom. The van der Waals surface area contributed by atoms with Gasteiger partial charge in [-0.2, -0.15) is 0 Å². The molecule has 1 aromatic carbocycles. The molecule has 0 radical (unpaired) electrons. The standard InChI is InChI=1S/C18H26ClFN2O/c1-3-13(4-2)18(23)21-12-16(22-10-5-6-11-22)17-14(19)8-7-9-15(17)20/h7-9,13,16H,3-6,10-12H2,1-2H3,(H,21,23). The molecule has 1 fully saturated rings. The Kier molecular flexibility index (Phi) is 6.85. The summed E-state index contributed by atoms with van der Waals surface area (Å²) in [7, 11) is 0. The van der Waals surface area contributed by atoms with Gasteiger partial charge in [-0.25, -0.2) is 4.39 Å². The minimum absolute atomic E-state index is 0.0188. The van der Waals surface area contributed by atoms with E-state index in [4.69, 9.17) is 11.6 Å². The maximum atomic E-state index is 14.3. The number of likely N-dealkylation sites (tertiary alicyclic amines) is 1. The lowest BCUT2D eigenvalue weighted by molar-refractivity contribution is -0.125. The molecule has 1 saturated heterocycles. The summed E-state index contributed by atoms with van der Waals surface area (Å²) in [6, 6.07) is 4.56. The van der Waals surface area contributed by atoms with E-state index in [1.54, 1.807) is 12.1 Å². The van der Waals surface area contributed by atoms with E-state index >= 15 is 0 Å². The molecule has 1 aromatic rings. The highest BCUT2D eigenvalue weighted by Crippen LogP contribution is 2.32. The first kappa shape index (κ1) is 18.2. The number of benzene rings is 1. The third kappa shape index (κ3) is 4.45. The van der Waals surface area contributed by atoms with E-state index in [9.17, 15) is 9.18 Å². The van der Waals surface area contributed by atoms with E-state index in [1.165, 1.54) is 6.07 Å². The zero-order valence-electron chi connectivity index (χ0n) is 13.9. The lowest BCUT2D eigenvalue weighted by atomic mass is 10.0. The van der Waals surface area contributed by atoms with Gasteiger partial charge in [0, 0.05) is 23.0 Å². The lowest BCUT2D eigenvalue weighted by Gasteiger charge is -2.29. The van der Waals surface area contributed by atoms with Gasteiger partial charge in [-0.15, -0.1) is 0 Å². The summed E-state index contributed by atoms with van der Waals surface area (Å²) < 4.78 is 14.3. The van der Waals surface area contributed by atoms with Gasteiger partial charge in [-0.05, 0) is 50.9 Å². The average molecular weight is 341 g/mol. The molecule has 5 heteroatoms. The first-order valence-electron chi connectivity index (χ1n) is 8.54. The highest BCUT2D eigenvalue weighted by molar-refractivity contribution is 6.31. The van der Waals surface area contributed by atoms with E-state index in [0.29, 0.717) is 17.1 Å². The molecule has 1 heterocycles. The Hall–Kier alpha value is -1.13. The first-order chi connectivity index (χ1) is 11.1. The second-order valence-corrected chi connectivity index (χ2v) is 6.56. The van der Waals surface area contributed by atoms with Crippen molar-refractivity contribution in [1.29, 1.82) is 0 Å². The van der Waals surface area contributed by atoms with Crippen LogP contribution >= 0.6 is 11.6 Å². The SMILES string of the molecule is CCC(CC)C(=O)NCC(c1c(F)cccc1Cl)N1CCCC1. The number of halogens is 2. The number of carbonyl (C=O) groups is 1. The van der Waals surface area contributed by atoms with E-state index < -0.39 is 0 Å². The van der Waals surface area contributed by atoms with Gasteiger partial charge < -0.3 is 5.32 Å². The van der Waals surface area contributed by atoms with Crippen LogP contribution in [0.15, 0.2) is 18.2 Å². The maximum Gasteiger partial charge on any atom is 0.223 e. The van der Waals surface area contributed by atoms with E-state index in [0.717, 1.165) is 38.8 Å². The third-order valence-electron chi connectivity index (χ3n) is 4.74. The fourth-order valence-electron chi connectivity index (χ4n) is 3.30. The number of nitrogens with one attached hydrogen (secondary N) is 1. The summed E-state index contributed by atoms with van der Waals surface area (Å²) in [6.45, 7) is 6.25. The van der Waals surface area contributed by atoms with Gasteiger partial charge in [0.25, 0.3) is 0 Å². The van der Waals surface area contributed by atoms with Crippen molar-refractivity contribution in [2.45, 2.75) is 45.6 Å². The quantitative estimate of drug-likeness (QED) is 0.808. The number of amides is 1. The van der Waals surface area contributed by atoms with Crippen molar-refractivity contribution >= 4 is 17.5 Å². The van der Waals surface area contributed by atoms with Crippen molar-refractivity contribution in [2.24, 2.45) is 5.92 Å². The molecule has 1 amide bonds. The zero-order chi connectivity index (χ0) is 16.8. The van der Waals surface area contributed by atoms with Crippen LogP contribution < -0.4 is 5.32 Å². The highest BCUT2D eigenvalue weighted by Gasteiger charge is 2.28. The Morgan fingerprint density at radius 3 is 2.52 bits per heavy atom. The third-order valence-corrected chi connectivity index (χ3v) is 5.07. The highest BCUT2D eigenvalue weighted by atomic mass is 35.5. The molecule has 0 aliphatic carbocycles. The number of rotatable bonds is 7. The maximum absolute atomic E-state index is 14.3. The van der Waals surface area contributed by atoms with Gasteiger partial charge in [0.2, 0.25) is 5.91 Å². The van der Waals surface area contributed by atoms with Crippen molar-refractivity contribution in [3.05, 3.63) is 34.6 Å². The van der Waals surface area contributed by atoms with Gasteiger partial charge >= 0.3 is 0 Å². The van der Waals surface area contributed by atoms with Crippen LogP contribution in [-0.4, -0.2) is 30.4 Å². The van der Waals surface area contributed by atoms with Crippen LogP contribution in [0.5, 0.6) is 0 Å². The fraction of sp³-hybridized carbons (Fsp3) is 0.611. The van der Waals surface area contributed by atoms with Gasteiger partial charge in [-0.3, -0.25) is 9.69 Å². The Balaban J connectivity index is 2.17. The minimum Gasteiger partial charge on any atom is -0.354 e. The molecule has 3 nitrogen and oxygen atoms in total. The van der Waals surface area contributed by atoms with Gasteiger partial charge in [0.15, 0.2) is 0 Å². The molecule has 0 bridgehead atoms. The largest absolute Gasteiger partial charge is 0.354 e. The summed E-state index contributed by atoms with van der Waals surface area (Å²) in [6.07, 6.45) is 3.83. The van der Waals surface area contributed by atoms with Crippen molar-refractivity contribution in [2.75, 3.05) is 19.6 Å². The summed E-state index contributed by atoms with van der Waals surface area (Å²) in [5, 5.41) is 3.44. The summed E-state index contributed by atoms with van der Waals surface area (Å²) in [5.74, 6) is -0.233. The molecule has 2 rings (SSSR count). The number of nitrogens with zero attached hydrogens (tertiary/aromatic N) is 1. The van der Waals surface area contributed by atoms with Crippen molar-refractivity contribution in [1.82, 2.24) is 10.2 Å². The first-order valence-corrected chi connectivity index (χ1v) is 8.91. The van der Waals surface area contributed by atoms with Crippen LogP contribution in [0.1, 0.15) is 51.1 Å². The molecule has 1 N–H and O–H groups in total. The minimum atomic E-state index is -0.300. The van der Waals surface area contributed by atoms with Crippen molar-refractivity contribution in [3.8, 4) is 0 Å². The van der Waals surface area contributed by atoms with E-state index in [1.807, 2.05) is 13.8 Å². The molecule has 1 aliphatic rings. The molecule has 0 aromatic heterocycles. The van der Waals surface area contributed by atoms with Crippen LogP contribution in [0, 0.1) is 11.7 Å². The van der Waals surface area contributed by atoms with Gasteiger partial charge in [0.05, 0.1) is 6.04 Å². The normalized spacial score (nSPS) is 16.7. The number of hydrogen-bond acceptors (Lipinski definition) is 2. The topological polar surface area (TPSA) is 32.3 Å². The number of hydrogen-bond donors (Lipinski definition) is 1. The second-order valence-electron chi connectivity index (χ2n) is 6.15. The molecular formula is C18H26ClFN2O. The Morgan fingerprint density at radius 2 is 1.96 bits per heavy atom. The summed E-state index contributed by atoms with van der Waals surface area (Å²) in [5.41, 5.74) is 0.501. The van der Waals surface area contributed by atoms with Crippen molar-refractivity contribution < 1.29 is 9.18 Å². The van der Waals surface area contributed by atoms with Crippen LogP contribution in [0.2, 0.25) is 5.02 Å². The average Bonchev–Trinajstić information content (AvgIpc) is 3.05. The van der Waals surface area contributed by atoms with Crippen molar-refractivity contribution in [3.63, 3.8) is 0 Å². The molecular weight excluding hydrogens is 315 g/mol.